The van der Waals surface area contributed by atoms with E-state index < -0.39 is 17.7 Å². The lowest BCUT2D eigenvalue weighted by Crippen LogP contribution is -2.07. The molecule has 2 heterocycles. The molecular formula is C12H8F4N2. The molecule has 0 unspecified atom stereocenters. The number of hydrogen-bond donors (Lipinski definition) is 0. The first-order valence-electron chi connectivity index (χ1n) is 5.03. The Hall–Kier alpha value is -1.98. The maximum absolute atomic E-state index is 13.5. The molecule has 0 aromatic carbocycles. The van der Waals surface area contributed by atoms with Gasteiger partial charge in [0.05, 0.1) is 6.20 Å². The van der Waals surface area contributed by atoms with Gasteiger partial charge in [0.2, 0.25) is 0 Å². The fourth-order valence-electron chi connectivity index (χ4n) is 1.49. The van der Waals surface area contributed by atoms with Gasteiger partial charge in [0, 0.05) is 23.0 Å². The summed E-state index contributed by atoms with van der Waals surface area (Å²) in [4.78, 5) is 7.03. The summed E-state index contributed by atoms with van der Waals surface area (Å²) < 4.78 is 50.4. The van der Waals surface area contributed by atoms with Crippen LogP contribution >= 0.6 is 0 Å². The van der Waals surface area contributed by atoms with E-state index >= 15 is 0 Å². The zero-order valence-electron chi connectivity index (χ0n) is 9.29. The van der Waals surface area contributed by atoms with Crippen molar-refractivity contribution in [3.8, 4) is 11.1 Å². The molecule has 94 valence electrons. The topological polar surface area (TPSA) is 25.8 Å². The molecule has 0 amide bonds. The third kappa shape index (κ3) is 2.47. The van der Waals surface area contributed by atoms with Gasteiger partial charge >= 0.3 is 6.18 Å². The van der Waals surface area contributed by atoms with E-state index in [9.17, 15) is 17.6 Å². The van der Waals surface area contributed by atoms with Crippen LogP contribution in [0.15, 0.2) is 30.6 Å². The van der Waals surface area contributed by atoms with Gasteiger partial charge < -0.3 is 0 Å². The molecule has 2 aromatic heterocycles. The Bertz CT molecular complexity index is 561. The van der Waals surface area contributed by atoms with Crippen LogP contribution in [-0.2, 0) is 6.18 Å². The van der Waals surface area contributed by atoms with Gasteiger partial charge in [-0.1, -0.05) is 6.07 Å². The van der Waals surface area contributed by atoms with Crippen LogP contribution in [0.25, 0.3) is 11.1 Å². The third-order valence-electron chi connectivity index (χ3n) is 2.36. The number of halogens is 4. The molecule has 0 saturated heterocycles. The molecule has 0 saturated carbocycles. The normalized spacial score (nSPS) is 11.6. The smallest absolute Gasteiger partial charge is 0.259 e. The first-order chi connectivity index (χ1) is 8.38. The van der Waals surface area contributed by atoms with Gasteiger partial charge in [-0.05, 0) is 19.1 Å². The van der Waals surface area contributed by atoms with Crippen molar-refractivity contribution in [2.75, 3.05) is 0 Å². The average molecular weight is 256 g/mol. The van der Waals surface area contributed by atoms with Crippen molar-refractivity contribution in [3.05, 3.63) is 47.8 Å². The minimum atomic E-state index is -4.49. The molecule has 18 heavy (non-hydrogen) atoms. The van der Waals surface area contributed by atoms with E-state index in [-0.39, 0.29) is 11.1 Å². The van der Waals surface area contributed by atoms with Gasteiger partial charge in [-0.2, -0.15) is 13.2 Å². The van der Waals surface area contributed by atoms with E-state index in [1.807, 2.05) is 0 Å². The van der Waals surface area contributed by atoms with E-state index in [0.717, 1.165) is 18.5 Å². The highest BCUT2D eigenvalue weighted by Crippen LogP contribution is 2.29. The van der Waals surface area contributed by atoms with E-state index in [1.165, 1.54) is 12.1 Å². The molecule has 0 spiro atoms. The second-order valence-electron chi connectivity index (χ2n) is 3.74. The van der Waals surface area contributed by atoms with E-state index in [0.29, 0.717) is 5.69 Å². The standard InChI is InChI=1S/C12H8F4N2/c1-7-4-9(10(13)6-17-7)8-2-3-11(18-5-8)12(14,15)16/h2-6H,1H3. The van der Waals surface area contributed by atoms with Crippen molar-refractivity contribution in [2.24, 2.45) is 0 Å². The summed E-state index contributed by atoms with van der Waals surface area (Å²) in [6, 6.07) is 3.47. The second kappa shape index (κ2) is 4.36. The Morgan fingerprint density at radius 1 is 1.06 bits per heavy atom. The Labute approximate surface area is 100 Å². The van der Waals surface area contributed by atoms with E-state index in [2.05, 4.69) is 9.97 Å². The second-order valence-corrected chi connectivity index (χ2v) is 3.74. The summed E-state index contributed by atoms with van der Waals surface area (Å²) in [5, 5.41) is 0. The summed E-state index contributed by atoms with van der Waals surface area (Å²) in [6.07, 6.45) is -2.46. The van der Waals surface area contributed by atoms with Crippen LogP contribution in [0, 0.1) is 12.7 Å². The molecule has 0 aliphatic carbocycles. The number of alkyl halides is 3. The molecule has 2 rings (SSSR count). The predicted molar refractivity (Wildman–Crippen MR) is 57.2 cm³/mol. The molecule has 0 aliphatic rings. The molecule has 0 atom stereocenters. The van der Waals surface area contributed by atoms with Crippen LogP contribution < -0.4 is 0 Å². The molecule has 0 N–H and O–H groups in total. The van der Waals surface area contributed by atoms with E-state index in [1.54, 1.807) is 6.92 Å². The number of nitrogens with zero attached hydrogens (tertiary/aromatic N) is 2. The first-order valence-corrected chi connectivity index (χ1v) is 5.03. The number of pyridine rings is 2. The van der Waals surface area contributed by atoms with Crippen molar-refractivity contribution in [3.63, 3.8) is 0 Å². The molecule has 0 aliphatic heterocycles. The Morgan fingerprint density at radius 2 is 1.78 bits per heavy atom. The monoisotopic (exact) mass is 256 g/mol. The van der Waals surface area contributed by atoms with Crippen LogP contribution in [0.1, 0.15) is 11.4 Å². The van der Waals surface area contributed by atoms with Crippen molar-refractivity contribution in [1.82, 2.24) is 9.97 Å². The van der Waals surface area contributed by atoms with Gasteiger partial charge in [-0.25, -0.2) is 4.39 Å². The van der Waals surface area contributed by atoms with Crippen molar-refractivity contribution in [2.45, 2.75) is 13.1 Å². The predicted octanol–water partition coefficient (Wildman–Crippen LogP) is 3.61. The average Bonchev–Trinajstić information content (AvgIpc) is 2.31. The number of aryl methyl sites for hydroxylation is 1. The Kier molecular flexibility index (Phi) is 3.02. The molecule has 2 aromatic rings. The highest BCUT2D eigenvalue weighted by Gasteiger charge is 2.32. The van der Waals surface area contributed by atoms with Crippen molar-refractivity contribution in [1.29, 1.82) is 0 Å². The lowest BCUT2D eigenvalue weighted by atomic mass is 10.1. The minimum Gasteiger partial charge on any atom is -0.259 e. The van der Waals surface area contributed by atoms with E-state index in [4.69, 9.17) is 0 Å². The number of hydrogen-bond acceptors (Lipinski definition) is 2. The van der Waals surface area contributed by atoms with Crippen LogP contribution in [0.2, 0.25) is 0 Å². The van der Waals surface area contributed by atoms with Gasteiger partial charge in [0.15, 0.2) is 0 Å². The quantitative estimate of drug-likeness (QED) is 0.728. The Balaban J connectivity index is 2.43. The lowest BCUT2D eigenvalue weighted by Gasteiger charge is -2.07. The molecule has 6 heteroatoms. The highest BCUT2D eigenvalue weighted by molar-refractivity contribution is 5.63. The largest absolute Gasteiger partial charge is 0.433 e. The van der Waals surface area contributed by atoms with Crippen LogP contribution in [0.4, 0.5) is 17.6 Å². The number of aromatic nitrogens is 2. The highest BCUT2D eigenvalue weighted by atomic mass is 19.4. The lowest BCUT2D eigenvalue weighted by molar-refractivity contribution is -0.141. The molecular weight excluding hydrogens is 248 g/mol. The third-order valence-corrected chi connectivity index (χ3v) is 2.36. The first kappa shape index (κ1) is 12.5. The van der Waals surface area contributed by atoms with Crippen LogP contribution in [-0.4, -0.2) is 9.97 Å². The van der Waals surface area contributed by atoms with Gasteiger partial charge in [-0.3, -0.25) is 9.97 Å². The SMILES string of the molecule is Cc1cc(-c2ccc(C(F)(F)F)nc2)c(F)cn1. The zero-order chi connectivity index (χ0) is 13.3. The summed E-state index contributed by atoms with van der Waals surface area (Å²) >= 11 is 0. The van der Waals surface area contributed by atoms with Crippen LogP contribution in [0.3, 0.4) is 0 Å². The zero-order valence-corrected chi connectivity index (χ0v) is 9.29. The number of rotatable bonds is 1. The molecule has 0 radical (unpaired) electrons. The summed E-state index contributed by atoms with van der Waals surface area (Å²) in [7, 11) is 0. The van der Waals surface area contributed by atoms with Gasteiger partial charge in [-0.15, -0.1) is 0 Å². The van der Waals surface area contributed by atoms with Crippen molar-refractivity contribution >= 4 is 0 Å². The Morgan fingerprint density at radius 3 is 2.33 bits per heavy atom. The van der Waals surface area contributed by atoms with Crippen LogP contribution in [0.5, 0.6) is 0 Å². The molecule has 2 nitrogen and oxygen atoms in total. The fraction of sp³-hybridized carbons (Fsp3) is 0.167. The summed E-state index contributed by atoms with van der Waals surface area (Å²) in [5.74, 6) is -0.595. The van der Waals surface area contributed by atoms with Crippen molar-refractivity contribution < 1.29 is 17.6 Å². The minimum absolute atomic E-state index is 0.184. The fourth-order valence-corrected chi connectivity index (χ4v) is 1.49. The summed E-state index contributed by atoms with van der Waals surface area (Å²) in [5.41, 5.74) is 0.0402. The molecule has 0 fully saturated rings. The molecule has 0 bridgehead atoms. The van der Waals surface area contributed by atoms with Gasteiger partial charge in [0.1, 0.15) is 11.5 Å². The maximum atomic E-state index is 13.5. The van der Waals surface area contributed by atoms with Gasteiger partial charge in [0.25, 0.3) is 0 Å². The summed E-state index contributed by atoms with van der Waals surface area (Å²) in [6.45, 7) is 1.67. The maximum Gasteiger partial charge on any atom is 0.433 e.